The first-order valence-electron chi connectivity index (χ1n) is 10.1. The van der Waals surface area contributed by atoms with Gasteiger partial charge < -0.3 is 15.0 Å². The molecule has 1 aliphatic rings. The third-order valence-corrected chi connectivity index (χ3v) is 6.28. The first-order chi connectivity index (χ1) is 14.1. The van der Waals surface area contributed by atoms with Gasteiger partial charge in [0, 0.05) is 32.2 Å². The number of fused-ring (bicyclic) bond motifs is 1. The van der Waals surface area contributed by atoms with Crippen molar-refractivity contribution in [2.45, 2.75) is 25.9 Å². The van der Waals surface area contributed by atoms with E-state index in [1.54, 1.807) is 17.7 Å². The number of nitrogens with one attached hydrogen (secondary N) is 1. The van der Waals surface area contributed by atoms with Crippen molar-refractivity contribution >= 4 is 27.4 Å². The zero-order valence-corrected chi connectivity index (χ0v) is 18.2. The van der Waals surface area contributed by atoms with Crippen molar-refractivity contribution in [3.63, 3.8) is 0 Å². The van der Waals surface area contributed by atoms with Crippen LogP contribution in [-0.4, -0.2) is 66.1 Å². The van der Waals surface area contributed by atoms with Gasteiger partial charge in [-0.3, -0.25) is 4.90 Å². The molecule has 3 aromatic rings. The summed E-state index contributed by atoms with van der Waals surface area (Å²) in [6, 6.07) is 8.88. The van der Waals surface area contributed by atoms with Crippen molar-refractivity contribution < 1.29 is 4.74 Å². The Labute approximate surface area is 176 Å². The second-order valence-corrected chi connectivity index (χ2v) is 8.84. The molecule has 1 aliphatic heterocycles. The van der Waals surface area contributed by atoms with Crippen molar-refractivity contribution in [2.24, 2.45) is 0 Å². The normalized spacial score (nSPS) is 17.3. The molecule has 154 valence electrons. The molecular formula is C22H29N5OS. The van der Waals surface area contributed by atoms with E-state index in [0.29, 0.717) is 12.6 Å². The predicted molar refractivity (Wildman–Crippen MR) is 120 cm³/mol. The van der Waals surface area contributed by atoms with E-state index in [4.69, 9.17) is 4.74 Å². The average molecular weight is 412 g/mol. The van der Waals surface area contributed by atoms with Crippen LogP contribution < -0.4 is 10.1 Å². The smallest absolute Gasteiger partial charge is 0.138 e. The summed E-state index contributed by atoms with van der Waals surface area (Å²) in [7, 11) is 4.12. The van der Waals surface area contributed by atoms with Gasteiger partial charge in [-0.1, -0.05) is 12.1 Å². The van der Waals surface area contributed by atoms with Crippen LogP contribution in [0.3, 0.4) is 0 Å². The van der Waals surface area contributed by atoms with Crippen molar-refractivity contribution in [3.8, 4) is 5.75 Å². The Kier molecular flexibility index (Phi) is 6.28. The summed E-state index contributed by atoms with van der Waals surface area (Å²) < 4.78 is 5.88. The SMILES string of the molecule is Cc1csc2ncnc(NC3CCN(Cc4cccc(OCCN(C)C)c4)C3)c12. The molecule has 0 radical (unpaired) electrons. The standard InChI is InChI=1S/C22H29N5OS/c1-16-14-29-22-20(16)21(23-15-24-22)25-18-7-8-27(13-18)12-17-5-4-6-19(11-17)28-10-9-26(2)3/h4-6,11,14-15,18H,7-10,12-13H2,1-3H3,(H,23,24,25). The number of ether oxygens (including phenoxy) is 1. The van der Waals surface area contributed by atoms with Crippen LogP contribution in [0.5, 0.6) is 5.75 Å². The van der Waals surface area contributed by atoms with Gasteiger partial charge in [-0.05, 0) is 56.1 Å². The summed E-state index contributed by atoms with van der Waals surface area (Å²) in [5.74, 6) is 1.92. The van der Waals surface area contributed by atoms with Crippen LogP contribution in [0.15, 0.2) is 36.0 Å². The monoisotopic (exact) mass is 411 g/mol. The fourth-order valence-electron chi connectivity index (χ4n) is 3.75. The van der Waals surface area contributed by atoms with Gasteiger partial charge in [-0.2, -0.15) is 0 Å². The van der Waals surface area contributed by atoms with Gasteiger partial charge in [0.2, 0.25) is 0 Å². The second-order valence-electron chi connectivity index (χ2n) is 7.99. The molecule has 0 bridgehead atoms. The van der Waals surface area contributed by atoms with Crippen LogP contribution in [0, 0.1) is 6.92 Å². The van der Waals surface area contributed by atoms with Crippen LogP contribution in [0.25, 0.3) is 10.2 Å². The molecule has 4 rings (SSSR count). The number of hydrogen-bond donors (Lipinski definition) is 1. The summed E-state index contributed by atoms with van der Waals surface area (Å²) in [6.45, 7) is 6.80. The lowest BCUT2D eigenvalue weighted by molar-refractivity contribution is 0.260. The maximum Gasteiger partial charge on any atom is 0.138 e. The van der Waals surface area contributed by atoms with Crippen LogP contribution >= 0.6 is 11.3 Å². The highest BCUT2D eigenvalue weighted by Gasteiger charge is 2.23. The minimum Gasteiger partial charge on any atom is -0.492 e. The quantitative estimate of drug-likeness (QED) is 0.611. The molecule has 6 nitrogen and oxygen atoms in total. The number of nitrogens with zero attached hydrogens (tertiary/aromatic N) is 4. The molecule has 1 N–H and O–H groups in total. The van der Waals surface area contributed by atoms with E-state index in [1.165, 1.54) is 16.5 Å². The lowest BCUT2D eigenvalue weighted by atomic mass is 10.2. The third-order valence-electron chi connectivity index (χ3n) is 5.28. The van der Waals surface area contributed by atoms with Gasteiger partial charge in [0.1, 0.15) is 29.3 Å². The maximum atomic E-state index is 5.88. The van der Waals surface area contributed by atoms with Gasteiger partial charge >= 0.3 is 0 Å². The maximum absolute atomic E-state index is 5.88. The molecule has 0 amide bonds. The molecule has 7 heteroatoms. The highest BCUT2D eigenvalue weighted by Crippen LogP contribution is 2.29. The molecule has 29 heavy (non-hydrogen) atoms. The average Bonchev–Trinajstić information content (AvgIpc) is 3.29. The van der Waals surface area contributed by atoms with E-state index in [1.807, 2.05) is 6.07 Å². The van der Waals surface area contributed by atoms with E-state index in [-0.39, 0.29) is 0 Å². The number of rotatable bonds is 8. The first kappa shape index (κ1) is 20.1. The highest BCUT2D eigenvalue weighted by atomic mass is 32.1. The van der Waals surface area contributed by atoms with Gasteiger partial charge in [-0.25, -0.2) is 9.97 Å². The fourth-order valence-corrected chi connectivity index (χ4v) is 4.64. The van der Waals surface area contributed by atoms with Crippen molar-refractivity contribution in [1.29, 1.82) is 0 Å². The number of anilines is 1. The Bertz CT molecular complexity index is 957. The summed E-state index contributed by atoms with van der Waals surface area (Å²) in [5.41, 5.74) is 2.54. The molecule has 1 unspecified atom stereocenters. The largest absolute Gasteiger partial charge is 0.492 e. The lowest BCUT2D eigenvalue weighted by Crippen LogP contribution is -2.26. The van der Waals surface area contributed by atoms with Gasteiger partial charge in [-0.15, -0.1) is 11.3 Å². The number of aryl methyl sites for hydroxylation is 1. The number of hydrogen-bond acceptors (Lipinski definition) is 7. The van der Waals surface area contributed by atoms with Crippen LogP contribution in [0.2, 0.25) is 0 Å². The number of likely N-dealkylation sites (N-methyl/N-ethyl adjacent to an activating group) is 1. The Morgan fingerprint density at radius 3 is 3.07 bits per heavy atom. The number of aromatic nitrogens is 2. The van der Waals surface area contributed by atoms with E-state index in [2.05, 4.69) is 69.7 Å². The minimum atomic E-state index is 0.409. The zero-order chi connectivity index (χ0) is 20.2. The van der Waals surface area contributed by atoms with Crippen LogP contribution in [0.1, 0.15) is 17.5 Å². The molecule has 0 saturated carbocycles. The van der Waals surface area contributed by atoms with E-state index >= 15 is 0 Å². The summed E-state index contributed by atoms with van der Waals surface area (Å²) in [5, 5.41) is 6.98. The molecule has 1 atom stereocenters. The predicted octanol–water partition coefficient (Wildman–Crippen LogP) is 3.63. The highest BCUT2D eigenvalue weighted by molar-refractivity contribution is 7.17. The van der Waals surface area contributed by atoms with Crippen molar-refractivity contribution in [1.82, 2.24) is 19.8 Å². The molecule has 1 fully saturated rings. The Morgan fingerprint density at radius 1 is 1.31 bits per heavy atom. The molecule has 1 saturated heterocycles. The number of likely N-dealkylation sites (tertiary alicyclic amines) is 1. The molecule has 3 heterocycles. The van der Waals surface area contributed by atoms with Crippen molar-refractivity contribution in [2.75, 3.05) is 45.7 Å². The minimum absolute atomic E-state index is 0.409. The van der Waals surface area contributed by atoms with Gasteiger partial charge in [0.25, 0.3) is 0 Å². The van der Waals surface area contributed by atoms with Crippen LogP contribution in [-0.2, 0) is 6.54 Å². The molecule has 0 aliphatic carbocycles. The number of benzene rings is 1. The molecule has 1 aromatic carbocycles. The molecule has 0 spiro atoms. The number of thiophene rings is 1. The van der Waals surface area contributed by atoms with Crippen molar-refractivity contribution in [3.05, 3.63) is 47.1 Å². The third kappa shape index (κ3) is 5.04. The molecule has 2 aromatic heterocycles. The van der Waals surface area contributed by atoms with E-state index in [9.17, 15) is 0 Å². The van der Waals surface area contributed by atoms with Gasteiger partial charge in [0.05, 0.1) is 5.39 Å². The Hall–Kier alpha value is -2.22. The lowest BCUT2D eigenvalue weighted by Gasteiger charge is -2.18. The zero-order valence-electron chi connectivity index (χ0n) is 17.4. The summed E-state index contributed by atoms with van der Waals surface area (Å²) >= 11 is 1.68. The molecular weight excluding hydrogens is 382 g/mol. The van der Waals surface area contributed by atoms with Gasteiger partial charge in [0.15, 0.2) is 0 Å². The van der Waals surface area contributed by atoms with E-state index < -0.39 is 0 Å². The Morgan fingerprint density at radius 2 is 2.21 bits per heavy atom. The van der Waals surface area contributed by atoms with Crippen LogP contribution in [0.4, 0.5) is 5.82 Å². The summed E-state index contributed by atoms with van der Waals surface area (Å²) in [4.78, 5) is 14.6. The fraction of sp³-hybridized carbons (Fsp3) is 0.455. The summed E-state index contributed by atoms with van der Waals surface area (Å²) in [6.07, 6.45) is 2.78. The topological polar surface area (TPSA) is 53.5 Å². The second kappa shape index (κ2) is 9.07. The Balaban J connectivity index is 1.34. The van der Waals surface area contributed by atoms with E-state index in [0.717, 1.165) is 49.0 Å². The first-order valence-corrected chi connectivity index (χ1v) is 11.0.